The molecular weight excluding hydrogens is 302 g/mol. The van der Waals surface area contributed by atoms with E-state index in [2.05, 4.69) is 10.9 Å². The largest absolute Gasteiger partial charge is 0.466 e. The molecule has 8 nitrogen and oxygen atoms in total. The van der Waals surface area contributed by atoms with Gasteiger partial charge in [-0.2, -0.15) is 0 Å². The monoisotopic (exact) mass is 317 g/mol. The third kappa shape index (κ3) is 4.16. The number of nitrogens with zero attached hydrogens (tertiary/aromatic N) is 1. The lowest BCUT2D eigenvalue weighted by Crippen LogP contribution is -2.42. The first kappa shape index (κ1) is 16.2. The van der Waals surface area contributed by atoms with Gasteiger partial charge in [0.15, 0.2) is 0 Å². The SMILES string of the molecule is Cc1cc(C(=O)NNC(=O)Cc2ccc([N+](=O)[O-])cc2)c(C)o1. The average Bonchev–Trinajstić information content (AvgIpc) is 2.84. The highest BCUT2D eigenvalue weighted by Crippen LogP contribution is 2.13. The Bertz CT molecular complexity index is 749. The molecule has 1 aromatic carbocycles. The number of non-ortho nitro benzene ring substituents is 1. The molecule has 0 radical (unpaired) electrons. The molecule has 120 valence electrons. The summed E-state index contributed by atoms with van der Waals surface area (Å²) in [4.78, 5) is 33.7. The molecule has 0 saturated carbocycles. The third-order valence-electron chi connectivity index (χ3n) is 3.11. The number of carbonyl (C=O) groups excluding carboxylic acids is 2. The molecule has 2 aromatic rings. The maximum absolute atomic E-state index is 11.9. The van der Waals surface area contributed by atoms with Gasteiger partial charge in [-0.15, -0.1) is 0 Å². The van der Waals surface area contributed by atoms with Crippen molar-refractivity contribution in [2.45, 2.75) is 20.3 Å². The third-order valence-corrected chi connectivity index (χ3v) is 3.11. The fourth-order valence-electron chi connectivity index (χ4n) is 2.02. The van der Waals surface area contributed by atoms with Crippen LogP contribution in [0, 0.1) is 24.0 Å². The molecule has 2 amide bonds. The Morgan fingerprint density at radius 1 is 1.17 bits per heavy atom. The van der Waals surface area contributed by atoms with Gasteiger partial charge in [0.1, 0.15) is 11.5 Å². The summed E-state index contributed by atoms with van der Waals surface area (Å²) in [6, 6.07) is 7.19. The van der Waals surface area contributed by atoms with E-state index in [1.165, 1.54) is 24.3 Å². The van der Waals surface area contributed by atoms with Crippen LogP contribution in [0.3, 0.4) is 0 Å². The van der Waals surface area contributed by atoms with Gasteiger partial charge < -0.3 is 4.42 Å². The highest BCUT2D eigenvalue weighted by molar-refractivity contribution is 5.96. The lowest BCUT2D eigenvalue weighted by molar-refractivity contribution is -0.384. The quantitative estimate of drug-likeness (QED) is 0.659. The Labute approximate surface area is 131 Å². The Kier molecular flexibility index (Phi) is 4.75. The van der Waals surface area contributed by atoms with Crippen LogP contribution in [0.15, 0.2) is 34.7 Å². The molecule has 0 saturated heterocycles. The highest BCUT2D eigenvalue weighted by atomic mass is 16.6. The minimum Gasteiger partial charge on any atom is -0.466 e. The number of nitro groups is 1. The molecule has 0 fully saturated rings. The van der Waals surface area contributed by atoms with Crippen molar-refractivity contribution in [1.82, 2.24) is 10.9 Å². The van der Waals surface area contributed by atoms with Crippen LogP contribution < -0.4 is 10.9 Å². The van der Waals surface area contributed by atoms with Crippen LogP contribution in [0.1, 0.15) is 27.4 Å². The zero-order chi connectivity index (χ0) is 17.0. The number of hydrogen-bond donors (Lipinski definition) is 2. The number of aryl methyl sites for hydroxylation is 2. The number of nitrogens with one attached hydrogen (secondary N) is 2. The molecular formula is C15H15N3O5. The fraction of sp³-hybridized carbons (Fsp3) is 0.200. The van der Waals surface area contributed by atoms with Crippen molar-refractivity contribution in [2.75, 3.05) is 0 Å². The van der Waals surface area contributed by atoms with E-state index in [9.17, 15) is 19.7 Å². The van der Waals surface area contributed by atoms with E-state index in [1.807, 2.05) is 0 Å². The normalized spacial score (nSPS) is 10.2. The predicted molar refractivity (Wildman–Crippen MR) is 80.6 cm³/mol. The van der Waals surface area contributed by atoms with Crippen LogP contribution in [0.2, 0.25) is 0 Å². The molecule has 0 aliphatic carbocycles. The number of rotatable bonds is 4. The van der Waals surface area contributed by atoms with E-state index in [-0.39, 0.29) is 12.1 Å². The summed E-state index contributed by atoms with van der Waals surface area (Å²) in [5.41, 5.74) is 5.48. The Balaban J connectivity index is 1.88. The van der Waals surface area contributed by atoms with E-state index in [0.717, 1.165) is 0 Å². The van der Waals surface area contributed by atoms with Crippen molar-refractivity contribution < 1.29 is 18.9 Å². The predicted octanol–water partition coefficient (Wildman–Crippen LogP) is 1.81. The summed E-state index contributed by atoms with van der Waals surface area (Å²) < 4.78 is 5.24. The van der Waals surface area contributed by atoms with Crippen molar-refractivity contribution in [1.29, 1.82) is 0 Å². The second kappa shape index (κ2) is 6.73. The molecule has 0 atom stereocenters. The van der Waals surface area contributed by atoms with Crippen molar-refractivity contribution in [3.63, 3.8) is 0 Å². The fourth-order valence-corrected chi connectivity index (χ4v) is 2.02. The molecule has 2 rings (SSSR count). The summed E-state index contributed by atoms with van der Waals surface area (Å²) in [5, 5.41) is 10.5. The van der Waals surface area contributed by atoms with E-state index in [0.29, 0.717) is 22.6 Å². The van der Waals surface area contributed by atoms with E-state index in [4.69, 9.17) is 4.42 Å². The van der Waals surface area contributed by atoms with Gasteiger partial charge in [0, 0.05) is 12.1 Å². The summed E-state index contributed by atoms with van der Waals surface area (Å²) in [7, 11) is 0. The molecule has 0 spiro atoms. The van der Waals surface area contributed by atoms with Gasteiger partial charge in [-0.05, 0) is 25.5 Å². The van der Waals surface area contributed by atoms with Gasteiger partial charge in [-0.1, -0.05) is 12.1 Å². The van der Waals surface area contributed by atoms with E-state index < -0.39 is 16.7 Å². The number of hydrogen-bond acceptors (Lipinski definition) is 5. The number of furan rings is 1. The average molecular weight is 317 g/mol. The standard InChI is InChI=1S/C15H15N3O5/c1-9-7-13(10(2)23-9)15(20)17-16-14(19)8-11-3-5-12(6-4-11)18(21)22/h3-7H,8H2,1-2H3,(H,16,19)(H,17,20). The Hall–Kier alpha value is -3.16. The molecule has 0 aliphatic heterocycles. The minimum absolute atomic E-state index is 0.0122. The molecule has 1 heterocycles. The first-order valence-corrected chi connectivity index (χ1v) is 6.76. The Morgan fingerprint density at radius 2 is 1.83 bits per heavy atom. The zero-order valence-electron chi connectivity index (χ0n) is 12.6. The van der Waals surface area contributed by atoms with Crippen LogP contribution >= 0.6 is 0 Å². The number of nitro benzene ring substituents is 1. The van der Waals surface area contributed by atoms with Crippen molar-refractivity contribution >= 4 is 17.5 Å². The minimum atomic E-state index is -0.515. The van der Waals surface area contributed by atoms with Crippen LogP contribution in [-0.2, 0) is 11.2 Å². The molecule has 8 heteroatoms. The maximum atomic E-state index is 11.9. The summed E-state index contributed by atoms with van der Waals surface area (Å²) in [5.74, 6) is 0.149. The van der Waals surface area contributed by atoms with Crippen molar-refractivity contribution in [2.24, 2.45) is 0 Å². The zero-order valence-corrected chi connectivity index (χ0v) is 12.6. The molecule has 2 N–H and O–H groups in total. The van der Waals surface area contributed by atoms with Gasteiger partial charge in [0.05, 0.1) is 16.9 Å². The number of carbonyl (C=O) groups is 2. The summed E-state index contributed by atoms with van der Waals surface area (Å²) in [6.45, 7) is 3.37. The van der Waals surface area contributed by atoms with Crippen LogP contribution in [0.25, 0.3) is 0 Å². The van der Waals surface area contributed by atoms with Crippen LogP contribution in [-0.4, -0.2) is 16.7 Å². The topological polar surface area (TPSA) is 114 Å². The van der Waals surface area contributed by atoms with E-state index in [1.54, 1.807) is 19.9 Å². The molecule has 0 unspecified atom stereocenters. The highest BCUT2D eigenvalue weighted by Gasteiger charge is 2.14. The number of hydrazine groups is 1. The van der Waals surface area contributed by atoms with E-state index >= 15 is 0 Å². The molecule has 0 bridgehead atoms. The van der Waals surface area contributed by atoms with Gasteiger partial charge in [0.2, 0.25) is 5.91 Å². The molecule has 23 heavy (non-hydrogen) atoms. The number of amides is 2. The van der Waals surface area contributed by atoms with Crippen molar-refractivity contribution in [3.05, 3.63) is 63.1 Å². The first-order chi connectivity index (χ1) is 10.9. The van der Waals surface area contributed by atoms with Gasteiger partial charge >= 0.3 is 0 Å². The number of benzene rings is 1. The second-order valence-corrected chi connectivity index (χ2v) is 4.93. The molecule has 1 aromatic heterocycles. The lowest BCUT2D eigenvalue weighted by atomic mass is 10.1. The van der Waals surface area contributed by atoms with Gasteiger partial charge in [-0.3, -0.25) is 30.6 Å². The molecule has 0 aliphatic rings. The van der Waals surface area contributed by atoms with Crippen LogP contribution in [0.5, 0.6) is 0 Å². The van der Waals surface area contributed by atoms with Gasteiger partial charge in [0.25, 0.3) is 11.6 Å². The first-order valence-electron chi connectivity index (χ1n) is 6.76. The second-order valence-electron chi connectivity index (χ2n) is 4.93. The summed E-state index contributed by atoms with van der Waals surface area (Å²) >= 11 is 0. The van der Waals surface area contributed by atoms with Gasteiger partial charge in [-0.25, -0.2) is 0 Å². The lowest BCUT2D eigenvalue weighted by Gasteiger charge is -2.06. The smallest absolute Gasteiger partial charge is 0.273 e. The van der Waals surface area contributed by atoms with Crippen LogP contribution in [0.4, 0.5) is 5.69 Å². The maximum Gasteiger partial charge on any atom is 0.273 e. The van der Waals surface area contributed by atoms with Crippen molar-refractivity contribution in [3.8, 4) is 0 Å². The Morgan fingerprint density at radius 3 is 2.35 bits per heavy atom. The summed E-state index contributed by atoms with van der Waals surface area (Å²) in [6.07, 6.45) is -0.0122.